The lowest BCUT2D eigenvalue weighted by Gasteiger charge is -2.21. The van der Waals surface area contributed by atoms with Crippen LogP contribution in [0.1, 0.15) is 35.3 Å². The van der Waals surface area contributed by atoms with E-state index in [1.807, 2.05) is 11.7 Å². The van der Waals surface area contributed by atoms with Gasteiger partial charge in [0.1, 0.15) is 0 Å². The summed E-state index contributed by atoms with van der Waals surface area (Å²) >= 11 is 3.49. The van der Waals surface area contributed by atoms with E-state index in [2.05, 4.69) is 70.5 Å². The number of hydrogen-bond donors (Lipinski definition) is 1. The number of aryl methyl sites for hydroxylation is 3. The van der Waals surface area contributed by atoms with Crippen molar-refractivity contribution in [2.45, 2.75) is 26.8 Å². The monoisotopic (exact) mass is 322 g/mol. The van der Waals surface area contributed by atoms with Gasteiger partial charge in [0.05, 0.1) is 11.7 Å². The number of nitrogens with zero attached hydrogens (tertiary/aromatic N) is 3. The molecule has 19 heavy (non-hydrogen) atoms. The molecule has 0 saturated carbocycles. The first-order valence-corrected chi connectivity index (χ1v) is 7.19. The number of hydrogen-bond acceptors (Lipinski definition) is 3. The average Bonchev–Trinajstić information content (AvgIpc) is 2.67. The normalized spacial score (nSPS) is 12.7. The van der Waals surface area contributed by atoms with Gasteiger partial charge < -0.3 is 5.32 Å². The lowest BCUT2D eigenvalue weighted by Crippen LogP contribution is -2.25. The highest BCUT2D eigenvalue weighted by molar-refractivity contribution is 9.10. The minimum atomic E-state index is 0.0972. The van der Waals surface area contributed by atoms with Gasteiger partial charge >= 0.3 is 0 Å². The zero-order chi connectivity index (χ0) is 14.0. The standard InChI is InChI=1S/C14H19BrN4/c1-5-16-12(13-14(15)17-18-19(13)4)11-7-6-9(2)8-10(11)3/h6-8,12,16H,5H2,1-4H3. The topological polar surface area (TPSA) is 42.7 Å². The van der Waals surface area contributed by atoms with E-state index in [-0.39, 0.29) is 6.04 Å². The van der Waals surface area contributed by atoms with Crippen molar-refractivity contribution in [2.24, 2.45) is 7.05 Å². The van der Waals surface area contributed by atoms with E-state index in [0.717, 1.165) is 16.8 Å². The van der Waals surface area contributed by atoms with Crippen LogP contribution in [-0.2, 0) is 7.05 Å². The maximum atomic E-state index is 4.08. The minimum Gasteiger partial charge on any atom is -0.305 e. The van der Waals surface area contributed by atoms with Gasteiger partial charge in [-0.05, 0) is 47.4 Å². The third-order valence-corrected chi connectivity index (χ3v) is 3.81. The summed E-state index contributed by atoms with van der Waals surface area (Å²) in [6, 6.07) is 6.62. The van der Waals surface area contributed by atoms with Crippen LogP contribution in [0.2, 0.25) is 0 Å². The third-order valence-electron chi connectivity index (χ3n) is 3.24. The molecule has 2 aromatic rings. The van der Waals surface area contributed by atoms with Crippen LogP contribution in [-0.4, -0.2) is 21.5 Å². The van der Waals surface area contributed by atoms with Crippen LogP contribution in [0.5, 0.6) is 0 Å². The molecular weight excluding hydrogens is 304 g/mol. The second kappa shape index (κ2) is 5.84. The van der Waals surface area contributed by atoms with Crippen LogP contribution in [0, 0.1) is 13.8 Å². The molecule has 0 fully saturated rings. The van der Waals surface area contributed by atoms with Crippen molar-refractivity contribution in [2.75, 3.05) is 6.54 Å². The second-order valence-corrected chi connectivity index (χ2v) is 5.49. The molecule has 1 aromatic carbocycles. The third kappa shape index (κ3) is 2.87. The smallest absolute Gasteiger partial charge is 0.153 e. The van der Waals surface area contributed by atoms with Crippen molar-refractivity contribution in [1.82, 2.24) is 20.3 Å². The molecule has 1 N–H and O–H groups in total. The Hall–Kier alpha value is -1.20. The summed E-state index contributed by atoms with van der Waals surface area (Å²) in [5.74, 6) is 0. The van der Waals surface area contributed by atoms with Gasteiger partial charge in [0.15, 0.2) is 4.60 Å². The molecule has 0 aliphatic heterocycles. The molecule has 1 atom stereocenters. The Kier molecular flexibility index (Phi) is 4.37. The van der Waals surface area contributed by atoms with Crippen LogP contribution >= 0.6 is 15.9 Å². The van der Waals surface area contributed by atoms with Gasteiger partial charge in [0.2, 0.25) is 0 Å². The van der Waals surface area contributed by atoms with Crippen LogP contribution in [0.15, 0.2) is 22.8 Å². The summed E-state index contributed by atoms with van der Waals surface area (Å²) in [5, 5.41) is 11.7. The van der Waals surface area contributed by atoms with Crippen molar-refractivity contribution < 1.29 is 0 Å². The molecule has 0 radical (unpaired) electrons. The fraction of sp³-hybridized carbons (Fsp3) is 0.429. The zero-order valence-electron chi connectivity index (χ0n) is 11.7. The van der Waals surface area contributed by atoms with Gasteiger partial charge in [0.25, 0.3) is 0 Å². The molecule has 0 amide bonds. The molecular formula is C14H19BrN4. The Morgan fingerprint density at radius 3 is 2.63 bits per heavy atom. The van der Waals surface area contributed by atoms with Gasteiger partial charge in [-0.3, -0.25) is 0 Å². The average molecular weight is 323 g/mol. The van der Waals surface area contributed by atoms with E-state index < -0.39 is 0 Å². The largest absolute Gasteiger partial charge is 0.305 e. The van der Waals surface area contributed by atoms with Gasteiger partial charge in [0, 0.05) is 7.05 Å². The maximum absolute atomic E-state index is 4.08. The van der Waals surface area contributed by atoms with E-state index in [0.29, 0.717) is 0 Å². The number of halogens is 1. The molecule has 1 aromatic heterocycles. The van der Waals surface area contributed by atoms with Crippen molar-refractivity contribution in [3.63, 3.8) is 0 Å². The van der Waals surface area contributed by atoms with Crippen LogP contribution in [0.3, 0.4) is 0 Å². The second-order valence-electron chi connectivity index (χ2n) is 4.74. The van der Waals surface area contributed by atoms with Gasteiger partial charge in [-0.25, -0.2) is 4.68 Å². The molecule has 1 heterocycles. The Balaban J connectivity index is 2.51. The lowest BCUT2D eigenvalue weighted by molar-refractivity contribution is 0.565. The van der Waals surface area contributed by atoms with E-state index in [1.165, 1.54) is 16.7 Å². The molecule has 0 spiro atoms. The molecule has 4 nitrogen and oxygen atoms in total. The lowest BCUT2D eigenvalue weighted by atomic mass is 9.97. The number of benzene rings is 1. The molecule has 0 saturated heterocycles. The Morgan fingerprint density at radius 2 is 2.11 bits per heavy atom. The van der Waals surface area contributed by atoms with E-state index in [9.17, 15) is 0 Å². The highest BCUT2D eigenvalue weighted by atomic mass is 79.9. The van der Waals surface area contributed by atoms with E-state index >= 15 is 0 Å². The van der Waals surface area contributed by atoms with E-state index in [4.69, 9.17) is 0 Å². The highest BCUT2D eigenvalue weighted by Gasteiger charge is 2.22. The fourth-order valence-corrected chi connectivity index (χ4v) is 2.91. The first-order chi connectivity index (χ1) is 9.04. The first kappa shape index (κ1) is 14.2. The quantitative estimate of drug-likeness (QED) is 0.941. The van der Waals surface area contributed by atoms with Crippen LogP contribution < -0.4 is 5.32 Å². The van der Waals surface area contributed by atoms with Crippen molar-refractivity contribution >= 4 is 15.9 Å². The van der Waals surface area contributed by atoms with Crippen molar-refractivity contribution in [3.05, 3.63) is 45.2 Å². The molecule has 0 aliphatic carbocycles. The number of rotatable bonds is 4. The summed E-state index contributed by atoms with van der Waals surface area (Å²) in [4.78, 5) is 0. The maximum Gasteiger partial charge on any atom is 0.153 e. The first-order valence-electron chi connectivity index (χ1n) is 6.40. The number of aromatic nitrogens is 3. The van der Waals surface area contributed by atoms with Crippen molar-refractivity contribution in [1.29, 1.82) is 0 Å². The summed E-state index contributed by atoms with van der Waals surface area (Å²) in [5.41, 5.74) is 4.87. The fourth-order valence-electron chi connectivity index (χ4n) is 2.35. The molecule has 0 bridgehead atoms. The molecule has 102 valence electrons. The minimum absolute atomic E-state index is 0.0972. The molecule has 2 rings (SSSR count). The van der Waals surface area contributed by atoms with Crippen LogP contribution in [0.4, 0.5) is 0 Å². The Morgan fingerprint density at radius 1 is 1.37 bits per heavy atom. The SMILES string of the molecule is CCNC(c1ccc(C)cc1C)c1c(Br)nnn1C. The summed E-state index contributed by atoms with van der Waals surface area (Å²) in [7, 11) is 1.92. The highest BCUT2D eigenvalue weighted by Crippen LogP contribution is 2.29. The van der Waals surface area contributed by atoms with Gasteiger partial charge in [-0.15, -0.1) is 5.10 Å². The van der Waals surface area contributed by atoms with Crippen molar-refractivity contribution in [3.8, 4) is 0 Å². The molecule has 1 unspecified atom stereocenters. The van der Waals surface area contributed by atoms with Gasteiger partial charge in [-0.1, -0.05) is 35.9 Å². The predicted molar refractivity (Wildman–Crippen MR) is 80.1 cm³/mol. The summed E-state index contributed by atoms with van der Waals surface area (Å²) in [6.07, 6.45) is 0. The van der Waals surface area contributed by atoms with Gasteiger partial charge in [-0.2, -0.15) is 0 Å². The van der Waals surface area contributed by atoms with Crippen LogP contribution in [0.25, 0.3) is 0 Å². The molecule has 5 heteroatoms. The molecule has 0 aliphatic rings. The van der Waals surface area contributed by atoms with E-state index in [1.54, 1.807) is 0 Å². The zero-order valence-corrected chi connectivity index (χ0v) is 13.3. The predicted octanol–water partition coefficient (Wildman–Crippen LogP) is 2.89. The Labute approximate surface area is 122 Å². The Bertz CT molecular complexity index is 557. The number of nitrogens with one attached hydrogen (secondary N) is 1. The summed E-state index contributed by atoms with van der Waals surface area (Å²) in [6.45, 7) is 7.24. The summed E-state index contributed by atoms with van der Waals surface area (Å²) < 4.78 is 2.61.